The smallest absolute Gasteiger partial charge is 0.137 e. The second kappa shape index (κ2) is 4.78. The molecule has 0 aliphatic rings. The Bertz CT molecular complexity index is 86.6. The summed E-state index contributed by atoms with van der Waals surface area (Å²) in [7, 11) is 0. The first-order chi connectivity index (χ1) is 3.13. The molecule has 0 aromatic heterocycles. The van der Waals surface area contributed by atoms with Crippen LogP contribution in [0.1, 0.15) is 20.3 Å². The van der Waals surface area contributed by atoms with Gasteiger partial charge in [0, 0.05) is 0 Å². The zero-order chi connectivity index (χ0) is 5.86. The van der Waals surface area contributed by atoms with Crippen LogP contribution in [0.3, 0.4) is 0 Å². The summed E-state index contributed by atoms with van der Waals surface area (Å²) in [5.74, 6) is -0.125. The van der Waals surface area contributed by atoms with Gasteiger partial charge in [-0.2, -0.15) is 0 Å². The van der Waals surface area contributed by atoms with Crippen molar-refractivity contribution < 1.29 is 9.59 Å². The van der Waals surface area contributed by atoms with Crippen LogP contribution in [-0.4, -0.2) is 11.6 Å². The number of hydrogen-bond donors (Lipinski definition) is 0. The number of rotatable bonds is 2. The largest absolute Gasteiger partial charge is 0.300 e. The molecule has 0 aliphatic carbocycles. The van der Waals surface area contributed by atoms with Crippen LogP contribution < -0.4 is 0 Å². The molecule has 0 spiro atoms. The van der Waals surface area contributed by atoms with Crippen molar-refractivity contribution in [2.45, 2.75) is 20.3 Å². The second-order valence-electron chi connectivity index (χ2n) is 1.58. The minimum Gasteiger partial charge on any atom is -0.300 e. The van der Waals surface area contributed by atoms with Gasteiger partial charge in [-0.25, -0.2) is 0 Å². The first-order valence-electron chi connectivity index (χ1n) is 2.12. The standard InChI is InChI=1S/C5H8O2.ClH/c1-4(6)3-5(2)7;/h3H2,1-2H3;1H. The van der Waals surface area contributed by atoms with E-state index in [2.05, 4.69) is 0 Å². The Morgan fingerprint density at radius 3 is 1.38 bits per heavy atom. The average Bonchev–Trinajstić information content (AvgIpc) is 1.27. The van der Waals surface area contributed by atoms with Crippen LogP contribution in [0.5, 0.6) is 0 Å². The Morgan fingerprint density at radius 1 is 1.12 bits per heavy atom. The summed E-state index contributed by atoms with van der Waals surface area (Å²) in [4.78, 5) is 20.1. The third-order valence-corrected chi connectivity index (χ3v) is 0.498. The van der Waals surface area contributed by atoms with Crippen molar-refractivity contribution in [3.8, 4) is 0 Å². The Labute approximate surface area is 54.7 Å². The van der Waals surface area contributed by atoms with Crippen LogP contribution in [0.4, 0.5) is 0 Å². The van der Waals surface area contributed by atoms with E-state index in [-0.39, 0.29) is 30.4 Å². The minimum absolute atomic E-state index is 0. The van der Waals surface area contributed by atoms with Crippen molar-refractivity contribution in [3.05, 3.63) is 0 Å². The second-order valence-corrected chi connectivity index (χ2v) is 1.58. The normalized spacial score (nSPS) is 7.25. The Balaban J connectivity index is 0. The first-order valence-corrected chi connectivity index (χ1v) is 2.12. The van der Waals surface area contributed by atoms with E-state index in [1.54, 1.807) is 0 Å². The Kier molecular flexibility index (Phi) is 6.32. The zero-order valence-electron chi connectivity index (χ0n) is 4.93. The molecule has 2 nitrogen and oxygen atoms in total. The van der Waals surface area contributed by atoms with Crippen molar-refractivity contribution in [2.24, 2.45) is 0 Å². The lowest BCUT2D eigenvalue weighted by molar-refractivity contribution is -0.124. The lowest BCUT2D eigenvalue weighted by Gasteiger charge is -1.81. The van der Waals surface area contributed by atoms with Crippen molar-refractivity contribution in [2.75, 3.05) is 0 Å². The third-order valence-electron chi connectivity index (χ3n) is 0.498. The number of ketones is 2. The van der Waals surface area contributed by atoms with E-state index in [0.29, 0.717) is 0 Å². The highest BCUT2D eigenvalue weighted by molar-refractivity contribution is 5.96. The molecule has 0 saturated heterocycles. The molecule has 48 valence electrons. The van der Waals surface area contributed by atoms with Gasteiger partial charge in [0.2, 0.25) is 0 Å². The topological polar surface area (TPSA) is 34.1 Å². The van der Waals surface area contributed by atoms with Crippen LogP contribution in [0.2, 0.25) is 0 Å². The summed E-state index contributed by atoms with van der Waals surface area (Å²) in [5.41, 5.74) is 0. The molecule has 0 fully saturated rings. The zero-order valence-corrected chi connectivity index (χ0v) is 5.75. The molecule has 0 rings (SSSR count). The quantitative estimate of drug-likeness (QED) is 0.531. The highest BCUT2D eigenvalue weighted by Crippen LogP contribution is 1.80. The molecular weight excluding hydrogens is 128 g/mol. The van der Waals surface area contributed by atoms with Crippen molar-refractivity contribution >= 4 is 24.0 Å². The van der Waals surface area contributed by atoms with Gasteiger partial charge in [-0.3, -0.25) is 9.59 Å². The maximum Gasteiger partial charge on any atom is 0.137 e. The number of Topliss-reactive ketones (excluding diaryl/α,β-unsaturated/α-hetero) is 2. The Hall–Kier alpha value is -0.370. The molecule has 0 amide bonds. The lowest BCUT2D eigenvalue weighted by Crippen LogP contribution is -1.97. The molecule has 3 heteroatoms. The number of hydrogen-bond acceptors (Lipinski definition) is 2. The fraction of sp³-hybridized carbons (Fsp3) is 0.600. The first kappa shape index (κ1) is 10.6. The minimum atomic E-state index is -0.0625. The highest BCUT2D eigenvalue weighted by Gasteiger charge is 1.94. The van der Waals surface area contributed by atoms with E-state index in [4.69, 9.17) is 0 Å². The molecule has 0 heterocycles. The van der Waals surface area contributed by atoms with Gasteiger partial charge in [-0.15, -0.1) is 12.4 Å². The van der Waals surface area contributed by atoms with Crippen LogP contribution in [0.15, 0.2) is 0 Å². The summed E-state index contributed by atoms with van der Waals surface area (Å²) in [6.07, 6.45) is 0.0833. The van der Waals surface area contributed by atoms with E-state index in [0.717, 1.165) is 0 Å². The fourth-order valence-electron chi connectivity index (χ4n) is 0.351. The summed E-state index contributed by atoms with van der Waals surface area (Å²) in [6, 6.07) is 0. The van der Waals surface area contributed by atoms with Gasteiger partial charge in [0.05, 0.1) is 6.42 Å². The molecule has 0 N–H and O–H groups in total. The van der Waals surface area contributed by atoms with E-state index < -0.39 is 0 Å². The van der Waals surface area contributed by atoms with Crippen LogP contribution in [0.25, 0.3) is 0 Å². The van der Waals surface area contributed by atoms with Gasteiger partial charge < -0.3 is 0 Å². The van der Waals surface area contributed by atoms with Crippen molar-refractivity contribution in [1.29, 1.82) is 0 Å². The fourth-order valence-corrected chi connectivity index (χ4v) is 0.351. The predicted octanol–water partition coefficient (Wildman–Crippen LogP) is 0.976. The van der Waals surface area contributed by atoms with Crippen LogP contribution in [0, 0.1) is 0 Å². The van der Waals surface area contributed by atoms with Gasteiger partial charge in [-0.1, -0.05) is 0 Å². The maximum absolute atomic E-state index is 10.0. The van der Waals surface area contributed by atoms with Crippen molar-refractivity contribution in [1.82, 2.24) is 0 Å². The van der Waals surface area contributed by atoms with E-state index in [1.807, 2.05) is 0 Å². The Morgan fingerprint density at radius 2 is 1.38 bits per heavy atom. The molecule has 0 aliphatic heterocycles. The average molecular weight is 137 g/mol. The van der Waals surface area contributed by atoms with Gasteiger partial charge in [0.15, 0.2) is 0 Å². The van der Waals surface area contributed by atoms with Gasteiger partial charge in [0.1, 0.15) is 11.6 Å². The molecule has 0 aromatic rings. The van der Waals surface area contributed by atoms with Gasteiger partial charge in [0.25, 0.3) is 0 Å². The number of carbonyl (C=O) groups excluding carboxylic acids is 2. The van der Waals surface area contributed by atoms with Crippen LogP contribution >= 0.6 is 12.4 Å². The SMILES string of the molecule is CC(=O)CC(C)=O.Cl. The number of carbonyl (C=O) groups is 2. The lowest BCUT2D eigenvalue weighted by atomic mass is 10.2. The number of halogens is 1. The maximum atomic E-state index is 10.0. The third kappa shape index (κ3) is 9.16. The summed E-state index contributed by atoms with van der Waals surface area (Å²) in [5, 5.41) is 0. The highest BCUT2D eigenvalue weighted by atomic mass is 35.5. The van der Waals surface area contributed by atoms with Gasteiger partial charge >= 0.3 is 0 Å². The van der Waals surface area contributed by atoms with E-state index in [9.17, 15) is 9.59 Å². The van der Waals surface area contributed by atoms with E-state index in [1.165, 1.54) is 13.8 Å². The molecule has 0 saturated carbocycles. The molecule has 0 atom stereocenters. The molecule has 8 heavy (non-hydrogen) atoms. The van der Waals surface area contributed by atoms with Crippen molar-refractivity contribution in [3.63, 3.8) is 0 Å². The molecule has 0 unspecified atom stereocenters. The summed E-state index contributed by atoms with van der Waals surface area (Å²) in [6.45, 7) is 2.81. The van der Waals surface area contributed by atoms with Gasteiger partial charge in [-0.05, 0) is 13.8 Å². The van der Waals surface area contributed by atoms with E-state index >= 15 is 0 Å². The molecule has 0 radical (unpaired) electrons. The predicted molar refractivity (Wildman–Crippen MR) is 33.2 cm³/mol. The van der Waals surface area contributed by atoms with Crippen LogP contribution in [-0.2, 0) is 9.59 Å². The molecular formula is C5H9ClO2. The molecule has 0 bridgehead atoms. The summed E-state index contributed by atoms with van der Waals surface area (Å²) >= 11 is 0. The molecule has 0 aromatic carbocycles. The summed E-state index contributed by atoms with van der Waals surface area (Å²) < 4.78 is 0. The monoisotopic (exact) mass is 136 g/mol.